The average Bonchev–Trinajstić information content (AvgIpc) is 2.74. The molecule has 1 aliphatic rings. The molecular weight excluding hydrogens is 238 g/mol. The van der Waals surface area contributed by atoms with Crippen molar-refractivity contribution >= 4 is 17.5 Å². The second-order valence-corrected chi connectivity index (χ2v) is 4.93. The maximum atomic E-state index is 12.3. The normalized spacial score (nSPS) is 19.7. The summed E-state index contributed by atoms with van der Waals surface area (Å²) in [4.78, 5) is 14.0. The highest BCUT2D eigenvalue weighted by Crippen LogP contribution is 2.22. The van der Waals surface area contributed by atoms with Gasteiger partial charge in [0.1, 0.15) is 0 Å². The van der Waals surface area contributed by atoms with Gasteiger partial charge in [-0.1, -0.05) is 11.6 Å². The van der Waals surface area contributed by atoms with Gasteiger partial charge >= 0.3 is 0 Å². The first-order valence-corrected chi connectivity index (χ1v) is 6.18. The topological polar surface area (TPSA) is 40.5 Å². The summed E-state index contributed by atoms with van der Waals surface area (Å²) < 4.78 is 0. The van der Waals surface area contributed by atoms with Crippen LogP contribution in [0.15, 0.2) is 18.2 Å². The fourth-order valence-corrected chi connectivity index (χ4v) is 2.61. The number of aliphatic hydroxyl groups excluding tert-OH is 1. The van der Waals surface area contributed by atoms with Crippen LogP contribution in [0.2, 0.25) is 5.02 Å². The summed E-state index contributed by atoms with van der Waals surface area (Å²) >= 11 is 5.95. The number of aryl methyl sites for hydroxylation is 1. The van der Waals surface area contributed by atoms with Gasteiger partial charge in [-0.25, -0.2) is 0 Å². The molecule has 0 radical (unpaired) electrons. The van der Waals surface area contributed by atoms with Gasteiger partial charge in [-0.2, -0.15) is 0 Å². The number of likely N-dealkylation sites (tertiary alicyclic amines) is 1. The van der Waals surface area contributed by atoms with Crippen LogP contribution in [0.25, 0.3) is 0 Å². The molecule has 1 aromatic rings. The number of halogens is 1. The summed E-state index contributed by atoms with van der Waals surface area (Å²) in [6.07, 6.45) is 1.83. The van der Waals surface area contributed by atoms with E-state index in [-0.39, 0.29) is 18.6 Å². The van der Waals surface area contributed by atoms with Gasteiger partial charge in [0.25, 0.3) is 5.91 Å². The molecule has 1 aromatic carbocycles. The van der Waals surface area contributed by atoms with Crippen molar-refractivity contribution in [2.75, 3.05) is 13.2 Å². The van der Waals surface area contributed by atoms with Crippen LogP contribution in [-0.2, 0) is 0 Å². The lowest BCUT2D eigenvalue weighted by Gasteiger charge is -2.23. The van der Waals surface area contributed by atoms with E-state index >= 15 is 0 Å². The van der Waals surface area contributed by atoms with E-state index in [1.807, 2.05) is 19.1 Å². The fraction of sp³-hybridized carbons (Fsp3) is 0.462. The largest absolute Gasteiger partial charge is 0.394 e. The predicted molar refractivity (Wildman–Crippen MR) is 67.3 cm³/mol. The molecule has 3 nitrogen and oxygen atoms in total. The molecule has 4 heteroatoms. The monoisotopic (exact) mass is 253 g/mol. The van der Waals surface area contributed by atoms with Crippen molar-refractivity contribution in [1.82, 2.24) is 4.90 Å². The highest BCUT2D eigenvalue weighted by Gasteiger charge is 2.28. The zero-order chi connectivity index (χ0) is 12.4. The van der Waals surface area contributed by atoms with Crippen molar-refractivity contribution in [1.29, 1.82) is 0 Å². The van der Waals surface area contributed by atoms with E-state index in [0.29, 0.717) is 10.6 Å². The van der Waals surface area contributed by atoms with Crippen LogP contribution in [0.1, 0.15) is 28.8 Å². The molecule has 1 heterocycles. The van der Waals surface area contributed by atoms with Crippen molar-refractivity contribution in [3.63, 3.8) is 0 Å². The van der Waals surface area contributed by atoms with Crippen LogP contribution >= 0.6 is 11.6 Å². The molecule has 0 bridgehead atoms. The molecule has 2 rings (SSSR count). The molecule has 0 aliphatic carbocycles. The zero-order valence-corrected chi connectivity index (χ0v) is 10.6. The number of rotatable bonds is 2. The summed E-state index contributed by atoms with van der Waals surface area (Å²) in [6, 6.07) is 5.30. The molecule has 1 saturated heterocycles. The molecule has 1 fully saturated rings. The van der Waals surface area contributed by atoms with E-state index in [2.05, 4.69) is 0 Å². The predicted octanol–water partition coefficient (Wildman–Crippen LogP) is 2.25. The number of carbonyl (C=O) groups excluding carboxylic acids is 1. The molecule has 1 aliphatic heterocycles. The number of nitrogens with zero attached hydrogens (tertiary/aromatic N) is 1. The Morgan fingerprint density at radius 3 is 2.94 bits per heavy atom. The third kappa shape index (κ3) is 2.61. The van der Waals surface area contributed by atoms with E-state index in [0.717, 1.165) is 24.9 Å². The summed E-state index contributed by atoms with van der Waals surface area (Å²) in [7, 11) is 0. The van der Waals surface area contributed by atoms with Crippen LogP contribution in [0, 0.1) is 6.92 Å². The van der Waals surface area contributed by atoms with Crippen molar-refractivity contribution in [2.24, 2.45) is 0 Å². The standard InChI is InChI=1S/C13H16ClNO2/c1-9-5-10(7-11(14)6-9)13(17)15-4-2-3-12(15)8-16/h5-7,12,16H,2-4,8H2,1H3. The number of hydrogen-bond donors (Lipinski definition) is 1. The van der Waals surface area contributed by atoms with Gasteiger partial charge in [-0.3, -0.25) is 4.79 Å². The summed E-state index contributed by atoms with van der Waals surface area (Å²) in [6.45, 7) is 2.66. The maximum Gasteiger partial charge on any atom is 0.254 e. The molecule has 1 atom stereocenters. The van der Waals surface area contributed by atoms with Crippen molar-refractivity contribution in [3.05, 3.63) is 34.3 Å². The quantitative estimate of drug-likeness (QED) is 0.878. The van der Waals surface area contributed by atoms with Gasteiger partial charge in [-0.05, 0) is 43.5 Å². The minimum Gasteiger partial charge on any atom is -0.394 e. The van der Waals surface area contributed by atoms with Gasteiger partial charge in [-0.15, -0.1) is 0 Å². The van der Waals surface area contributed by atoms with Gasteiger partial charge < -0.3 is 10.0 Å². The number of hydrogen-bond acceptors (Lipinski definition) is 2. The minimum atomic E-state index is -0.0400. The third-order valence-electron chi connectivity index (χ3n) is 3.14. The summed E-state index contributed by atoms with van der Waals surface area (Å²) in [5.41, 5.74) is 1.58. The van der Waals surface area contributed by atoms with Crippen LogP contribution < -0.4 is 0 Å². The summed E-state index contributed by atoms with van der Waals surface area (Å²) in [5.74, 6) is -0.0350. The number of carbonyl (C=O) groups is 1. The van der Waals surface area contributed by atoms with Crippen LogP contribution in [-0.4, -0.2) is 35.1 Å². The van der Waals surface area contributed by atoms with E-state index in [9.17, 15) is 9.90 Å². The molecule has 1 amide bonds. The second-order valence-electron chi connectivity index (χ2n) is 4.49. The molecule has 0 saturated carbocycles. The Hall–Kier alpha value is -1.06. The highest BCUT2D eigenvalue weighted by molar-refractivity contribution is 6.31. The Morgan fingerprint density at radius 2 is 2.29 bits per heavy atom. The van der Waals surface area contributed by atoms with Gasteiger partial charge in [0.05, 0.1) is 12.6 Å². The molecular formula is C13H16ClNO2. The van der Waals surface area contributed by atoms with Gasteiger partial charge in [0.2, 0.25) is 0 Å². The Balaban J connectivity index is 2.24. The minimum absolute atomic E-state index is 0.0330. The van der Waals surface area contributed by atoms with E-state index in [4.69, 9.17) is 11.6 Å². The lowest BCUT2D eigenvalue weighted by molar-refractivity contribution is 0.0677. The first-order chi connectivity index (χ1) is 8.11. The second kappa shape index (κ2) is 5.07. The van der Waals surface area contributed by atoms with E-state index in [1.54, 1.807) is 11.0 Å². The Kier molecular flexibility index (Phi) is 3.69. The Morgan fingerprint density at radius 1 is 1.53 bits per heavy atom. The summed E-state index contributed by atoms with van der Waals surface area (Å²) in [5, 5.41) is 9.80. The first kappa shape index (κ1) is 12.4. The SMILES string of the molecule is Cc1cc(Cl)cc(C(=O)N2CCCC2CO)c1. The highest BCUT2D eigenvalue weighted by atomic mass is 35.5. The lowest BCUT2D eigenvalue weighted by atomic mass is 10.1. The Bertz CT molecular complexity index is 413. The van der Waals surface area contributed by atoms with Crippen LogP contribution in [0.4, 0.5) is 0 Å². The smallest absolute Gasteiger partial charge is 0.254 e. The average molecular weight is 254 g/mol. The van der Waals surface area contributed by atoms with Crippen molar-refractivity contribution < 1.29 is 9.90 Å². The van der Waals surface area contributed by atoms with Crippen molar-refractivity contribution in [3.8, 4) is 0 Å². The number of aliphatic hydroxyl groups is 1. The maximum absolute atomic E-state index is 12.3. The van der Waals surface area contributed by atoms with Crippen LogP contribution in [0.5, 0.6) is 0 Å². The third-order valence-corrected chi connectivity index (χ3v) is 3.36. The zero-order valence-electron chi connectivity index (χ0n) is 9.82. The molecule has 0 spiro atoms. The van der Waals surface area contributed by atoms with Gasteiger partial charge in [0.15, 0.2) is 0 Å². The van der Waals surface area contributed by atoms with E-state index in [1.165, 1.54) is 0 Å². The Labute approximate surface area is 106 Å². The number of benzene rings is 1. The number of amides is 1. The molecule has 0 aromatic heterocycles. The lowest BCUT2D eigenvalue weighted by Crippen LogP contribution is -2.37. The van der Waals surface area contributed by atoms with Crippen LogP contribution in [0.3, 0.4) is 0 Å². The molecule has 1 unspecified atom stereocenters. The molecule has 1 N–H and O–H groups in total. The van der Waals surface area contributed by atoms with Gasteiger partial charge in [0, 0.05) is 17.1 Å². The fourth-order valence-electron chi connectivity index (χ4n) is 2.32. The molecule has 17 heavy (non-hydrogen) atoms. The molecule has 92 valence electrons. The first-order valence-electron chi connectivity index (χ1n) is 5.81. The van der Waals surface area contributed by atoms with Crippen molar-refractivity contribution in [2.45, 2.75) is 25.8 Å². The van der Waals surface area contributed by atoms with E-state index < -0.39 is 0 Å².